The maximum atomic E-state index is 2.38. The maximum Gasteiger partial charge on any atom is 0.0464 e. The summed E-state index contributed by atoms with van der Waals surface area (Å²) in [6.07, 6.45) is 8.78. The highest BCUT2D eigenvalue weighted by atomic mass is 15.1. The van der Waals surface area contributed by atoms with Crippen LogP contribution in [0.2, 0.25) is 0 Å². The van der Waals surface area contributed by atoms with Gasteiger partial charge in [0.2, 0.25) is 0 Å². The minimum Gasteiger partial charge on any atom is -0.310 e. The van der Waals surface area contributed by atoms with Gasteiger partial charge >= 0.3 is 0 Å². The first kappa shape index (κ1) is 45.6. The van der Waals surface area contributed by atoms with Crippen LogP contribution in [0.15, 0.2) is 170 Å². The summed E-state index contributed by atoms with van der Waals surface area (Å²) in [5.74, 6) is 0. The predicted octanol–water partition coefficient (Wildman–Crippen LogP) is 18.2. The number of benzene rings is 7. The highest BCUT2D eigenvalue weighted by Crippen LogP contribution is 2.40. The molecule has 0 bridgehead atoms. The molecule has 0 aliphatic rings. The summed E-state index contributed by atoms with van der Waals surface area (Å²) in [4.78, 5) is 4.76. The van der Waals surface area contributed by atoms with Crippen LogP contribution in [-0.4, -0.2) is 0 Å². The predicted molar refractivity (Wildman–Crippen MR) is 281 cm³/mol. The molecule has 0 aliphatic heterocycles. The topological polar surface area (TPSA) is 6.48 Å². The third kappa shape index (κ3) is 11.2. The van der Waals surface area contributed by atoms with E-state index in [1.165, 1.54) is 22.3 Å². The first-order valence-electron chi connectivity index (χ1n) is 22.9. The number of rotatable bonds is 10. The zero-order valence-electron chi connectivity index (χ0n) is 40.4. The van der Waals surface area contributed by atoms with Gasteiger partial charge in [-0.1, -0.05) is 204 Å². The molecule has 0 saturated heterocycles. The summed E-state index contributed by atoms with van der Waals surface area (Å²) < 4.78 is 0. The largest absolute Gasteiger partial charge is 0.310 e. The molecule has 7 aromatic carbocycles. The minimum atomic E-state index is 0.0497. The molecule has 0 spiro atoms. The fraction of sp³-hybridized carbons (Fsp3) is 0.258. The van der Waals surface area contributed by atoms with E-state index < -0.39 is 0 Å². The highest BCUT2D eigenvalue weighted by molar-refractivity contribution is 5.81. The second kappa shape index (κ2) is 18.4. The molecular weight excluding hydrogens is 773 g/mol. The van der Waals surface area contributed by atoms with Gasteiger partial charge in [0, 0.05) is 34.1 Å². The molecule has 326 valence electrons. The molecule has 0 heterocycles. The SMILES string of the molecule is CC(C)(C)c1cccc(N(c2ccc(C=Cc3ccc(C=Cc4ccc(N(c5cccc(C(C)(C)C)c5)c5cccc(C(C)(C)C)c5)cc4)cc3)cc2)c2cccc(C(C)(C)C)c2)c1. The Labute approximate surface area is 385 Å². The Morgan fingerprint density at radius 3 is 0.656 bits per heavy atom. The van der Waals surface area contributed by atoms with Gasteiger partial charge < -0.3 is 9.80 Å². The summed E-state index contributed by atoms with van der Waals surface area (Å²) in [6.45, 7) is 27.3. The van der Waals surface area contributed by atoms with E-state index in [0.29, 0.717) is 0 Å². The van der Waals surface area contributed by atoms with Crippen LogP contribution in [0.1, 0.15) is 128 Å². The van der Waals surface area contributed by atoms with Gasteiger partial charge in [-0.05, 0) is 139 Å². The first-order chi connectivity index (χ1) is 30.2. The number of hydrogen-bond donors (Lipinski definition) is 0. The molecule has 0 aromatic heterocycles. The molecule has 64 heavy (non-hydrogen) atoms. The summed E-state index contributed by atoms with van der Waals surface area (Å²) in [6, 6.07) is 62.5. The van der Waals surface area contributed by atoms with E-state index >= 15 is 0 Å². The van der Waals surface area contributed by atoms with Crippen molar-refractivity contribution >= 4 is 58.4 Å². The Balaban J connectivity index is 1.07. The molecule has 7 aromatic rings. The number of hydrogen-bond acceptors (Lipinski definition) is 2. The van der Waals surface area contributed by atoms with Crippen LogP contribution < -0.4 is 9.80 Å². The van der Waals surface area contributed by atoms with Crippen LogP contribution >= 0.6 is 0 Å². The van der Waals surface area contributed by atoms with Gasteiger partial charge in [0.1, 0.15) is 0 Å². The van der Waals surface area contributed by atoms with Gasteiger partial charge in [0.15, 0.2) is 0 Å². The Morgan fingerprint density at radius 2 is 0.453 bits per heavy atom. The molecule has 0 fully saturated rings. The molecule has 2 heteroatoms. The lowest BCUT2D eigenvalue weighted by molar-refractivity contribution is 0.589. The molecule has 0 aliphatic carbocycles. The highest BCUT2D eigenvalue weighted by Gasteiger charge is 2.22. The van der Waals surface area contributed by atoms with Crippen LogP contribution in [-0.2, 0) is 21.7 Å². The van der Waals surface area contributed by atoms with Crippen LogP contribution in [0.4, 0.5) is 34.1 Å². The van der Waals surface area contributed by atoms with Crippen LogP contribution in [0.5, 0.6) is 0 Å². The van der Waals surface area contributed by atoms with Gasteiger partial charge in [0.25, 0.3) is 0 Å². The van der Waals surface area contributed by atoms with Crippen molar-refractivity contribution in [3.63, 3.8) is 0 Å². The minimum absolute atomic E-state index is 0.0497. The summed E-state index contributed by atoms with van der Waals surface area (Å²) in [5, 5.41) is 0. The molecule has 2 nitrogen and oxygen atoms in total. The average molecular weight is 841 g/mol. The molecule has 7 rings (SSSR count). The fourth-order valence-corrected chi connectivity index (χ4v) is 7.91. The third-order valence-electron chi connectivity index (χ3n) is 12.1. The second-order valence-corrected chi connectivity index (χ2v) is 21.4. The lowest BCUT2D eigenvalue weighted by Gasteiger charge is -2.29. The smallest absolute Gasteiger partial charge is 0.0464 e. The van der Waals surface area contributed by atoms with Crippen molar-refractivity contribution in [3.8, 4) is 0 Å². The maximum absolute atomic E-state index is 2.38. The molecule has 0 unspecified atom stereocenters. The van der Waals surface area contributed by atoms with E-state index in [9.17, 15) is 0 Å². The van der Waals surface area contributed by atoms with Crippen molar-refractivity contribution in [2.45, 2.75) is 105 Å². The van der Waals surface area contributed by atoms with E-state index in [2.05, 4.69) is 287 Å². The molecule has 0 N–H and O–H groups in total. The van der Waals surface area contributed by atoms with Crippen LogP contribution in [0, 0.1) is 0 Å². The van der Waals surface area contributed by atoms with Crippen molar-refractivity contribution in [1.29, 1.82) is 0 Å². The molecular formula is C62H68N2. The lowest BCUT2D eigenvalue weighted by Crippen LogP contribution is -2.16. The van der Waals surface area contributed by atoms with Gasteiger partial charge in [-0.25, -0.2) is 0 Å². The van der Waals surface area contributed by atoms with Crippen LogP contribution in [0.25, 0.3) is 24.3 Å². The van der Waals surface area contributed by atoms with E-state index in [-0.39, 0.29) is 21.7 Å². The van der Waals surface area contributed by atoms with Crippen LogP contribution in [0.3, 0.4) is 0 Å². The van der Waals surface area contributed by atoms with Crippen molar-refractivity contribution < 1.29 is 0 Å². The van der Waals surface area contributed by atoms with Gasteiger partial charge in [-0.15, -0.1) is 0 Å². The summed E-state index contributed by atoms with van der Waals surface area (Å²) in [5.41, 5.74) is 17.0. The van der Waals surface area contributed by atoms with Crippen molar-refractivity contribution in [3.05, 3.63) is 214 Å². The van der Waals surface area contributed by atoms with Gasteiger partial charge in [0.05, 0.1) is 0 Å². The van der Waals surface area contributed by atoms with Crippen molar-refractivity contribution in [2.75, 3.05) is 9.80 Å². The normalized spacial score (nSPS) is 12.6. The molecule has 0 saturated carbocycles. The zero-order valence-corrected chi connectivity index (χ0v) is 40.4. The average Bonchev–Trinajstić information content (AvgIpc) is 3.26. The van der Waals surface area contributed by atoms with E-state index in [1.54, 1.807) is 0 Å². The number of nitrogens with zero attached hydrogens (tertiary/aromatic N) is 2. The Kier molecular flexibility index (Phi) is 13.1. The van der Waals surface area contributed by atoms with Gasteiger partial charge in [-0.2, -0.15) is 0 Å². The number of anilines is 6. The van der Waals surface area contributed by atoms with E-state index in [4.69, 9.17) is 0 Å². The first-order valence-corrected chi connectivity index (χ1v) is 22.9. The second-order valence-electron chi connectivity index (χ2n) is 21.4. The van der Waals surface area contributed by atoms with Gasteiger partial charge in [-0.3, -0.25) is 0 Å². The van der Waals surface area contributed by atoms with E-state index in [1.807, 2.05) is 0 Å². The monoisotopic (exact) mass is 841 g/mol. The fourth-order valence-electron chi connectivity index (χ4n) is 7.91. The Bertz CT molecular complexity index is 2410. The lowest BCUT2D eigenvalue weighted by atomic mass is 9.86. The van der Waals surface area contributed by atoms with E-state index in [0.717, 1.165) is 56.4 Å². The quantitative estimate of drug-likeness (QED) is 0.127. The Hall–Kier alpha value is -6.38. The van der Waals surface area contributed by atoms with Crippen molar-refractivity contribution in [1.82, 2.24) is 0 Å². The zero-order chi connectivity index (χ0) is 45.9. The molecule has 0 radical (unpaired) electrons. The molecule has 0 atom stereocenters. The standard InChI is InChI=1S/C62H68N2/c1-59(2,3)49-17-13-21-55(41-49)63(56-22-14-18-50(42-56)60(4,5)6)53-37-33-47(34-38-53)31-29-45-25-27-46(28-26-45)30-32-48-35-39-54(40-36-48)64(57-23-15-19-51(43-57)61(7,8)9)58-24-16-20-52(44-58)62(10,11)12/h13-44H,1-12H3. The molecule has 0 amide bonds. The third-order valence-corrected chi connectivity index (χ3v) is 12.1. The summed E-state index contributed by atoms with van der Waals surface area (Å²) >= 11 is 0. The van der Waals surface area contributed by atoms with Crippen molar-refractivity contribution in [2.24, 2.45) is 0 Å². The Morgan fingerprint density at radius 1 is 0.250 bits per heavy atom. The summed E-state index contributed by atoms with van der Waals surface area (Å²) in [7, 11) is 0.